The Labute approximate surface area is 175 Å². The number of carboxylic acid groups (broad SMARTS) is 1. The number of rotatable bonds is 6. The molecule has 1 N–H and O–H groups in total. The van der Waals surface area contributed by atoms with Gasteiger partial charge in [-0.3, -0.25) is 0 Å². The van der Waals surface area contributed by atoms with Crippen LogP contribution < -0.4 is 4.90 Å². The molecule has 1 heterocycles. The van der Waals surface area contributed by atoms with E-state index < -0.39 is 5.97 Å². The number of ether oxygens (including phenoxy) is 1. The smallest absolute Gasteiger partial charge is 0.337 e. The lowest BCUT2D eigenvalue weighted by Crippen LogP contribution is -2.27. The van der Waals surface area contributed by atoms with E-state index in [4.69, 9.17) is 9.15 Å². The molecule has 0 unspecified atom stereocenters. The molecule has 0 saturated carbocycles. The summed E-state index contributed by atoms with van der Waals surface area (Å²) in [4.78, 5) is 14.2. The third kappa shape index (κ3) is 3.53. The second-order valence-corrected chi connectivity index (χ2v) is 7.84. The highest BCUT2D eigenvalue weighted by atomic mass is 16.5. The Kier molecular flexibility index (Phi) is 5.22. The van der Waals surface area contributed by atoms with Crippen molar-refractivity contribution >= 4 is 39.3 Å². The van der Waals surface area contributed by atoms with Crippen LogP contribution in [0.3, 0.4) is 0 Å². The summed E-state index contributed by atoms with van der Waals surface area (Å²) in [5, 5.41) is 11.8. The van der Waals surface area contributed by atoms with Gasteiger partial charge in [0.25, 0.3) is 0 Å². The summed E-state index contributed by atoms with van der Waals surface area (Å²) in [6.45, 7) is 6.65. The molecule has 0 aliphatic heterocycles. The maximum absolute atomic E-state index is 12.1. The lowest BCUT2D eigenvalue weighted by Gasteiger charge is -2.30. The minimum Gasteiger partial charge on any atom is -0.478 e. The van der Waals surface area contributed by atoms with Crippen LogP contribution >= 0.6 is 0 Å². The number of carboxylic acids is 1. The summed E-state index contributed by atoms with van der Waals surface area (Å²) in [5.74, 6) is -0.981. The van der Waals surface area contributed by atoms with E-state index >= 15 is 0 Å². The van der Waals surface area contributed by atoms with Gasteiger partial charge < -0.3 is 19.2 Å². The molecular formula is C25H25NO4. The Bertz CT molecular complexity index is 1220. The molecule has 0 aliphatic rings. The van der Waals surface area contributed by atoms with E-state index in [1.54, 1.807) is 13.2 Å². The van der Waals surface area contributed by atoms with Gasteiger partial charge in [-0.25, -0.2) is 4.79 Å². The molecule has 0 amide bonds. The molecule has 30 heavy (non-hydrogen) atoms. The van der Waals surface area contributed by atoms with E-state index in [1.807, 2.05) is 55.5 Å². The van der Waals surface area contributed by atoms with Crippen LogP contribution in [0.4, 0.5) is 11.4 Å². The first-order chi connectivity index (χ1) is 14.4. The fourth-order valence-electron chi connectivity index (χ4n) is 3.91. The monoisotopic (exact) mass is 403 g/mol. The maximum atomic E-state index is 12.1. The number of methoxy groups -OCH3 is 1. The summed E-state index contributed by atoms with van der Waals surface area (Å²) >= 11 is 0. The minimum atomic E-state index is -0.981. The van der Waals surface area contributed by atoms with E-state index in [0.717, 1.165) is 33.2 Å². The van der Waals surface area contributed by atoms with Gasteiger partial charge in [-0.1, -0.05) is 23.8 Å². The van der Waals surface area contributed by atoms with Gasteiger partial charge in [0.05, 0.1) is 17.9 Å². The van der Waals surface area contributed by atoms with Crippen molar-refractivity contribution in [1.29, 1.82) is 0 Å². The molecule has 0 fully saturated rings. The number of hydrogen-bond acceptors (Lipinski definition) is 4. The number of hydrogen-bond donors (Lipinski definition) is 1. The number of furan rings is 1. The number of benzene rings is 3. The van der Waals surface area contributed by atoms with Crippen LogP contribution in [-0.2, 0) is 11.3 Å². The standard InChI is InChI=1S/C25H25NO4/c1-15(2)26(18-8-5-16(3)6-9-18)22-12-20-19-11-17(14-29-4)7-10-23(19)30-24(20)13-21(22)25(27)28/h5-13,15H,14H2,1-4H3,(H,27,28). The highest BCUT2D eigenvalue weighted by molar-refractivity contribution is 6.10. The van der Waals surface area contributed by atoms with E-state index in [1.165, 1.54) is 0 Å². The molecule has 0 saturated heterocycles. The molecule has 5 heteroatoms. The predicted octanol–water partition coefficient (Wildman–Crippen LogP) is 6.29. The minimum absolute atomic E-state index is 0.0606. The Morgan fingerprint density at radius 2 is 1.73 bits per heavy atom. The number of anilines is 2. The van der Waals surface area contributed by atoms with Crippen LogP contribution in [0, 0.1) is 6.92 Å². The summed E-state index contributed by atoms with van der Waals surface area (Å²) < 4.78 is 11.2. The van der Waals surface area contributed by atoms with E-state index in [9.17, 15) is 9.90 Å². The van der Waals surface area contributed by atoms with Crippen molar-refractivity contribution in [2.24, 2.45) is 0 Å². The van der Waals surface area contributed by atoms with Crippen LogP contribution in [-0.4, -0.2) is 24.2 Å². The average molecular weight is 403 g/mol. The summed E-state index contributed by atoms with van der Waals surface area (Å²) in [7, 11) is 1.66. The lowest BCUT2D eigenvalue weighted by atomic mass is 10.0. The van der Waals surface area contributed by atoms with Crippen molar-refractivity contribution in [2.45, 2.75) is 33.4 Å². The maximum Gasteiger partial charge on any atom is 0.337 e. The van der Waals surface area contributed by atoms with Crippen molar-refractivity contribution in [3.8, 4) is 0 Å². The summed E-state index contributed by atoms with van der Waals surface area (Å²) in [6.07, 6.45) is 0. The fourth-order valence-corrected chi connectivity index (χ4v) is 3.91. The molecule has 5 nitrogen and oxygen atoms in total. The second-order valence-electron chi connectivity index (χ2n) is 7.84. The molecule has 154 valence electrons. The van der Waals surface area contributed by atoms with Gasteiger partial charge in [0.2, 0.25) is 0 Å². The normalized spacial score (nSPS) is 11.5. The Hall–Kier alpha value is -3.31. The molecule has 0 radical (unpaired) electrons. The summed E-state index contributed by atoms with van der Waals surface area (Å²) in [6, 6.07) is 17.6. The first kappa shape index (κ1) is 20.0. The molecular weight excluding hydrogens is 378 g/mol. The van der Waals surface area contributed by atoms with Gasteiger partial charge in [0, 0.05) is 29.6 Å². The number of carbonyl (C=O) groups is 1. The van der Waals surface area contributed by atoms with Crippen molar-refractivity contribution < 1.29 is 19.1 Å². The van der Waals surface area contributed by atoms with Crippen molar-refractivity contribution in [3.05, 3.63) is 71.3 Å². The Balaban J connectivity index is 1.98. The number of nitrogens with zero attached hydrogens (tertiary/aromatic N) is 1. The van der Waals surface area contributed by atoms with Gasteiger partial charge in [0.1, 0.15) is 11.2 Å². The van der Waals surface area contributed by atoms with Crippen LogP contribution in [0.15, 0.2) is 59.0 Å². The molecule has 0 aliphatic carbocycles. The fraction of sp³-hybridized carbons (Fsp3) is 0.240. The van der Waals surface area contributed by atoms with Crippen molar-refractivity contribution in [1.82, 2.24) is 0 Å². The van der Waals surface area contributed by atoms with Gasteiger partial charge in [0.15, 0.2) is 0 Å². The molecule has 0 atom stereocenters. The average Bonchev–Trinajstić information content (AvgIpc) is 3.06. The first-order valence-corrected chi connectivity index (χ1v) is 9.96. The third-order valence-electron chi connectivity index (χ3n) is 5.28. The number of aryl methyl sites for hydroxylation is 1. The van der Waals surface area contributed by atoms with Crippen LogP contribution in [0.5, 0.6) is 0 Å². The highest BCUT2D eigenvalue weighted by Gasteiger charge is 2.23. The highest BCUT2D eigenvalue weighted by Crippen LogP contribution is 2.38. The molecule has 4 aromatic rings. The predicted molar refractivity (Wildman–Crippen MR) is 120 cm³/mol. The quantitative estimate of drug-likeness (QED) is 0.410. The van der Waals surface area contributed by atoms with Crippen LogP contribution in [0.25, 0.3) is 21.9 Å². The topological polar surface area (TPSA) is 62.9 Å². The first-order valence-electron chi connectivity index (χ1n) is 9.96. The van der Waals surface area contributed by atoms with Crippen LogP contribution in [0.1, 0.15) is 35.3 Å². The van der Waals surface area contributed by atoms with E-state index in [-0.39, 0.29) is 11.6 Å². The van der Waals surface area contributed by atoms with Gasteiger partial charge in [-0.2, -0.15) is 0 Å². The van der Waals surface area contributed by atoms with E-state index in [2.05, 4.69) is 18.7 Å². The van der Waals surface area contributed by atoms with Gasteiger partial charge in [-0.15, -0.1) is 0 Å². The van der Waals surface area contributed by atoms with E-state index in [0.29, 0.717) is 17.9 Å². The van der Waals surface area contributed by atoms with Crippen LogP contribution in [0.2, 0.25) is 0 Å². The Morgan fingerprint density at radius 3 is 2.37 bits per heavy atom. The molecule has 4 rings (SSSR count). The van der Waals surface area contributed by atoms with Gasteiger partial charge in [-0.05, 0) is 62.7 Å². The molecule has 0 bridgehead atoms. The third-order valence-corrected chi connectivity index (χ3v) is 5.28. The zero-order valence-corrected chi connectivity index (χ0v) is 17.6. The SMILES string of the molecule is COCc1ccc2oc3cc(C(=O)O)c(N(c4ccc(C)cc4)C(C)C)cc3c2c1. The second kappa shape index (κ2) is 7.84. The van der Waals surface area contributed by atoms with Crippen molar-refractivity contribution in [2.75, 3.05) is 12.0 Å². The largest absolute Gasteiger partial charge is 0.478 e. The zero-order chi connectivity index (χ0) is 21.4. The lowest BCUT2D eigenvalue weighted by molar-refractivity contribution is 0.0697. The van der Waals surface area contributed by atoms with Crippen molar-refractivity contribution in [3.63, 3.8) is 0 Å². The summed E-state index contributed by atoms with van der Waals surface area (Å²) in [5.41, 5.74) is 5.30. The molecule has 0 spiro atoms. The Morgan fingerprint density at radius 1 is 1.03 bits per heavy atom. The number of fused-ring (bicyclic) bond motifs is 3. The van der Waals surface area contributed by atoms with Gasteiger partial charge >= 0.3 is 5.97 Å². The molecule has 1 aromatic heterocycles. The molecule has 3 aromatic carbocycles. The zero-order valence-electron chi connectivity index (χ0n) is 17.6. The number of aromatic carboxylic acids is 1.